The van der Waals surface area contributed by atoms with Crippen molar-refractivity contribution in [1.29, 1.82) is 0 Å². The van der Waals surface area contributed by atoms with Gasteiger partial charge in [-0.3, -0.25) is 0 Å². The van der Waals surface area contributed by atoms with Gasteiger partial charge < -0.3 is 15.4 Å². The van der Waals surface area contributed by atoms with Crippen molar-refractivity contribution in [2.24, 2.45) is 0 Å². The summed E-state index contributed by atoms with van der Waals surface area (Å²) >= 11 is 5.77. The van der Waals surface area contributed by atoms with Crippen molar-refractivity contribution in [1.82, 2.24) is 5.32 Å². The van der Waals surface area contributed by atoms with E-state index in [0.29, 0.717) is 29.6 Å². The number of carbonyl (C=O) groups is 1. The van der Waals surface area contributed by atoms with Crippen molar-refractivity contribution in [3.63, 3.8) is 0 Å². The number of amides is 2. The third-order valence-electron chi connectivity index (χ3n) is 3.01. The van der Waals surface area contributed by atoms with Gasteiger partial charge in [0.25, 0.3) is 0 Å². The Labute approximate surface area is 145 Å². The predicted molar refractivity (Wildman–Crippen MR) is 93.5 cm³/mol. The molecule has 0 aliphatic rings. The molecule has 0 radical (unpaired) electrons. The monoisotopic (exact) mass is 368 g/mol. The number of urea groups is 1. The predicted octanol–water partition coefficient (Wildman–Crippen LogP) is 2.94. The fraction of sp³-hybridized carbons (Fsp3) is 0.188. The van der Waals surface area contributed by atoms with E-state index in [2.05, 4.69) is 10.6 Å². The normalized spacial score (nSPS) is 10.9. The molecule has 6 nitrogen and oxygen atoms in total. The van der Waals surface area contributed by atoms with Crippen LogP contribution in [0.25, 0.3) is 0 Å². The van der Waals surface area contributed by atoms with Gasteiger partial charge in [-0.15, -0.1) is 0 Å². The Morgan fingerprint density at radius 1 is 1.08 bits per heavy atom. The van der Waals surface area contributed by atoms with Crippen molar-refractivity contribution in [3.05, 3.63) is 53.6 Å². The van der Waals surface area contributed by atoms with Gasteiger partial charge in [-0.05, 0) is 48.5 Å². The van der Waals surface area contributed by atoms with Gasteiger partial charge in [-0.2, -0.15) is 0 Å². The number of carbonyl (C=O) groups excluding carboxylic acids is 1. The largest absolute Gasteiger partial charge is 0.492 e. The van der Waals surface area contributed by atoms with Gasteiger partial charge in [0.1, 0.15) is 12.4 Å². The van der Waals surface area contributed by atoms with Crippen LogP contribution in [-0.2, 0) is 9.84 Å². The molecule has 128 valence electrons. The molecule has 2 rings (SSSR count). The quantitative estimate of drug-likeness (QED) is 0.768. The van der Waals surface area contributed by atoms with Crippen LogP contribution in [0.3, 0.4) is 0 Å². The smallest absolute Gasteiger partial charge is 0.319 e. The summed E-state index contributed by atoms with van der Waals surface area (Å²) < 4.78 is 28.2. The van der Waals surface area contributed by atoms with Gasteiger partial charge in [0, 0.05) is 17.0 Å². The lowest BCUT2D eigenvalue weighted by molar-refractivity contribution is 0.247. The molecule has 0 fully saturated rings. The third-order valence-corrected chi connectivity index (χ3v) is 4.39. The molecular weight excluding hydrogens is 352 g/mol. The summed E-state index contributed by atoms with van der Waals surface area (Å²) in [5.74, 6) is 0.665. The van der Waals surface area contributed by atoms with Crippen LogP contribution in [0.2, 0.25) is 5.02 Å². The molecule has 2 aromatic rings. The van der Waals surface area contributed by atoms with E-state index in [4.69, 9.17) is 16.3 Å². The Hall–Kier alpha value is -2.25. The zero-order chi connectivity index (χ0) is 17.6. The Morgan fingerprint density at radius 3 is 2.29 bits per heavy atom. The van der Waals surface area contributed by atoms with Crippen molar-refractivity contribution in [2.45, 2.75) is 4.90 Å². The van der Waals surface area contributed by atoms with E-state index in [9.17, 15) is 13.2 Å². The molecule has 0 heterocycles. The first-order valence-electron chi connectivity index (χ1n) is 7.08. The average molecular weight is 369 g/mol. The SMILES string of the molecule is CS(=O)(=O)c1ccc(NC(=O)NCCOc2ccc(Cl)cc2)cc1. The molecule has 0 aliphatic heterocycles. The highest BCUT2D eigenvalue weighted by Gasteiger charge is 2.07. The summed E-state index contributed by atoms with van der Waals surface area (Å²) in [6.45, 7) is 0.623. The molecule has 0 unspecified atom stereocenters. The summed E-state index contributed by atoms with van der Waals surface area (Å²) in [5, 5.41) is 5.87. The van der Waals surface area contributed by atoms with E-state index in [0.717, 1.165) is 6.26 Å². The zero-order valence-electron chi connectivity index (χ0n) is 13.0. The third kappa shape index (κ3) is 5.75. The Bertz CT molecular complexity index is 790. The van der Waals surface area contributed by atoms with Crippen LogP contribution in [0, 0.1) is 0 Å². The summed E-state index contributed by atoms with van der Waals surface area (Å²) in [6.07, 6.45) is 1.13. The first-order valence-corrected chi connectivity index (χ1v) is 9.35. The number of halogens is 1. The molecule has 0 aliphatic carbocycles. The molecule has 0 aromatic heterocycles. The maximum atomic E-state index is 11.7. The Morgan fingerprint density at radius 2 is 1.71 bits per heavy atom. The van der Waals surface area contributed by atoms with Crippen LogP contribution in [-0.4, -0.2) is 33.9 Å². The maximum Gasteiger partial charge on any atom is 0.319 e. The number of hydrogen-bond acceptors (Lipinski definition) is 4. The first kappa shape index (κ1) is 18.1. The van der Waals surface area contributed by atoms with Gasteiger partial charge in [0.2, 0.25) is 0 Å². The molecule has 0 saturated heterocycles. The van der Waals surface area contributed by atoms with Crippen LogP contribution in [0.5, 0.6) is 5.75 Å². The second-order valence-corrected chi connectivity index (χ2v) is 7.43. The maximum absolute atomic E-state index is 11.7. The molecule has 0 atom stereocenters. The van der Waals surface area contributed by atoms with E-state index in [1.807, 2.05) is 0 Å². The van der Waals surface area contributed by atoms with Gasteiger partial charge in [-0.25, -0.2) is 13.2 Å². The molecule has 24 heavy (non-hydrogen) atoms. The molecule has 2 aromatic carbocycles. The lowest BCUT2D eigenvalue weighted by Crippen LogP contribution is -2.32. The minimum atomic E-state index is -3.25. The summed E-state index contributed by atoms with van der Waals surface area (Å²) in [7, 11) is -3.25. The van der Waals surface area contributed by atoms with E-state index < -0.39 is 15.9 Å². The standard InChI is InChI=1S/C16H17ClN2O4S/c1-24(21,22)15-8-4-13(5-9-15)19-16(20)18-10-11-23-14-6-2-12(17)3-7-14/h2-9H,10-11H2,1H3,(H2,18,19,20). The van der Waals surface area contributed by atoms with E-state index in [-0.39, 0.29) is 4.90 Å². The molecule has 0 saturated carbocycles. The van der Waals surface area contributed by atoms with Crippen molar-refractivity contribution in [2.75, 3.05) is 24.7 Å². The van der Waals surface area contributed by atoms with Crippen LogP contribution < -0.4 is 15.4 Å². The zero-order valence-corrected chi connectivity index (χ0v) is 14.5. The molecule has 0 spiro atoms. The lowest BCUT2D eigenvalue weighted by Gasteiger charge is -2.09. The summed E-state index contributed by atoms with van der Waals surface area (Å²) in [5.41, 5.74) is 0.499. The van der Waals surface area contributed by atoms with E-state index in [1.54, 1.807) is 24.3 Å². The van der Waals surface area contributed by atoms with E-state index >= 15 is 0 Å². The Balaban J connectivity index is 1.74. The molecule has 2 amide bonds. The topological polar surface area (TPSA) is 84.5 Å². The van der Waals surface area contributed by atoms with Crippen LogP contribution in [0.4, 0.5) is 10.5 Å². The second-order valence-electron chi connectivity index (χ2n) is 4.98. The first-order chi connectivity index (χ1) is 11.3. The summed E-state index contributed by atoms with van der Waals surface area (Å²) in [4.78, 5) is 11.9. The van der Waals surface area contributed by atoms with Crippen molar-refractivity contribution in [3.8, 4) is 5.75 Å². The fourth-order valence-corrected chi connectivity index (χ4v) is 2.58. The van der Waals surface area contributed by atoms with Crippen molar-refractivity contribution < 1.29 is 17.9 Å². The molecule has 8 heteroatoms. The highest BCUT2D eigenvalue weighted by Crippen LogP contribution is 2.15. The van der Waals surface area contributed by atoms with Crippen LogP contribution in [0.1, 0.15) is 0 Å². The molecule has 0 bridgehead atoms. The summed E-state index contributed by atoms with van der Waals surface area (Å²) in [6, 6.07) is 12.5. The molecule has 2 N–H and O–H groups in total. The van der Waals surface area contributed by atoms with Gasteiger partial charge in [0.15, 0.2) is 9.84 Å². The molecular formula is C16H17ClN2O4S. The number of rotatable bonds is 6. The number of benzene rings is 2. The highest BCUT2D eigenvalue weighted by molar-refractivity contribution is 7.90. The Kier molecular flexibility index (Phi) is 6.05. The van der Waals surface area contributed by atoms with Gasteiger partial charge in [-0.1, -0.05) is 11.6 Å². The highest BCUT2D eigenvalue weighted by atomic mass is 35.5. The number of anilines is 1. The second kappa shape index (κ2) is 8.03. The van der Waals surface area contributed by atoms with Crippen molar-refractivity contribution >= 4 is 33.2 Å². The number of hydrogen-bond donors (Lipinski definition) is 2. The lowest BCUT2D eigenvalue weighted by atomic mass is 10.3. The van der Waals surface area contributed by atoms with Crippen LogP contribution in [0.15, 0.2) is 53.4 Å². The van der Waals surface area contributed by atoms with Crippen LogP contribution >= 0.6 is 11.6 Å². The van der Waals surface area contributed by atoms with E-state index in [1.165, 1.54) is 24.3 Å². The number of sulfone groups is 1. The minimum Gasteiger partial charge on any atom is -0.492 e. The fourth-order valence-electron chi connectivity index (χ4n) is 1.83. The van der Waals surface area contributed by atoms with Gasteiger partial charge >= 0.3 is 6.03 Å². The number of ether oxygens (including phenoxy) is 1. The number of nitrogens with one attached hydrogen (secondary N) is 2. The average Bonchev–Trinajstić information content (AvgIpc) is 2.53. The minimum absolute atomic E-state index is 0.199. The van der Waals surface area contributed by atoms with Gasteiger partial charge in [0.05, 0.1) is 11.4 Å².